The second kappa shape index (κ2) is 11.3. The number of rotatable bonds is 10. The van der Waals surface area contributed by atoms with Gasteiger partial charge in [-0.3, -0.25) is 14.2 Å². The van der Waals surface area contributed by atoms with Gasteiger partial charge in [0, 0.05) is 12.1 Å². The van der Waals surface area contributed by atoms with Crippen molar-refractivity contribution in [3.05, 3.63) is 93.3 Å². The zero-order valence-electron chi connectivity index (χ0n) is 20.0. The second-order valence-electron chi connectivity index (χ2n) is 8.28. The molecule has 35 heavy (non-hydrogen) atoms. The molecule has 0 bridgehead atoms. The third-order valence-corrected chi connectivity index (χ3v) is 6.93. The number of aromatic nitrogens is 2. The van der Waals surface area contributed by atoms with E-state index < -0.39 is 6.04 Å². The third kappa shape index (κ3) is 5.28. The first-order valence-electron chi connectivity index (χ1n) is 11.7. The first kappa shape index (κ1) is 24.6. The molecule has 4 rings (SSSR count). The number of methoxy groups -OCH3 is 1. The molecule has 8 heteroatoms. The van der Waals surface area contributed by atoms with Crippen LogP contribution < -0.4 is 16.0 Å². The molecule has 0 aliphatic carbocycles. The van der Waals surface area contributed by atoms with Crippen LogP contribution in [-0.4, -0.2) is 40.6 Å². The molecule has 7 nitrogen and oxygen atoms in total. The Morgan fingerprint density at radius 3 is 2.54 bits per heavy atom. The van der Waals surface area contributed by atoms with Crippen molar-refractivity contribution < 1.29 is 9.53 Å². The van der Waals surface area contributed by atoms with Crippen LogP contribution in [0.2, 0.25) is 0 Å². The van der Waals surface area contributed by atoms with Gasteiger partial charge in [0.1, 0.15) is 16.3 Å². The van der Waals surface area contributed by atoms with Crippen LogP contribution in [0.1, 0.15) is 47.6 Å². The topological polar surface area (TPSA) is 90.5 Å². The Hall–Kier alpha value is -3.49. The number of hydrogen-bond donors (Lipinski definition) is 1. The molecule has 0 spiro atoms. The number of carbonyl (C=O) groups excluding carboxylic acids is 1. The maximum Gasteiger partial charge on any atom is 0.271 e. The highest BCUT2D eigenvalue weighted by Gasteiger charge is 2.29. The molecule has 4 aromatic rings. The molecule has 0 aliphatic rings. The zero-order valence-corrected chi connectivity index (χ0v) is 20.8. The van der Waals surface area contributed by atoms with Gasteiger partial charge in [-0.05, 0) is 60.7 Å². The Kier molecular flexibility index (Phi) is 7.94. The average molecular weight is 491 g/mol. The van der Waals surface area contributed by atoms with Crippen molar-refractivity contribution in [2.24, 2.45) is 5.73 Å². The molecule has 0 radical (unpaired) electrons. The lowest BCUT2D eigenvalue weighted by molar-refractivity contribution is 0.0655. The predicted octanol–water partition coefficient (Wildman–Crippen LogP) is 4.46. The van der Waals surface area contributed by atoms with Crippen LogP contribution >= 0.6 is 11.3 Å². The summed E-state index contributed by atoms with van der Waals surface area (Å²) < 4.78 is 7.58. The molecular weight excluding hydrogens is 460 g/mol. The molecule has 0 aliphatic heterocycles. The van der Waals surface area contributed by atoms with Gasteiger partial charge in [0.05, 0.1) is 25.2 Å². The van der Waals surface area contributed by atoms with Crippen LogP contribution in [0.4, 0.5) is 0 Å². The van der Waals surface area contributed by atoms with Gasteiger partial charge in [0.15, 0.2) is 0 Å². The van der Waals surface area contributed by atoms with Gasteiger partial charge in [0.25, 0.3) is 11.5 Å². The van der Waals surface area contributed by atoms with E-state index >= 15 is 0 Å². The summed E-state index contributed by atoms with van der Waals surface area (Å²) >= 11 is 1.39. The van der Waals surface area contributed by atoms with Gasteiger partial charge in [-0.15, -0.1) is 11.3 Å². The number of carbonyl (C=O) groups is 1. The number of fused-ring (bicyclic) bond motifs is 1. The highest BCUT2D eigenvalue weighted by atomic mass is 32.1. The summed E-state index contributed by atoms with van der Waals surface area (Å²) in [5.41, 5.74) is 7.95. The van der Waals surface area contributed by atoms with Crippen molar-refractivity contribution in [1.82, 2.24) is 14.5 Å². The third-order valence-electron chi connectivity index (χ3n) is 6.04. The minimum atomic E-state index is -0.392. The van der Waals surface area contributed by atoms with Crippen LogP contribution in [0.3, 0.4) is 0 Å². The van der Waals surface area contributed by atoms with Crippen molar-refractivity contribution in [1.29, 1.82) is 0 Å². The standard InChI is InChI=1S/C27H30N4O3S/c1-3-23(30(16-7-15-28)26(32)20-10-12-21(34-2)13-11-20)25-29-22-14-17-35-24(22)27(33)31(25)18-19-8-5-4-6-9-19/h4-6,8-14,17,23H,3,7,15-16,18,28H2,1-2H3. The van der Waals surface area contributed by atoms with E-state index in [0.29, 0.717) is 59.8 Å². The molecule has 2 aromatic heterocycles. The normalized spacial score (nSPS) is 12.0. The predicted molar refractivity (Wildman–Crippen MR) is 140 cm³/mol. The maximum absolute atomic E-state index is 13.7. The van der Waals surface area contributed by atoms with Crippen LogP contribution in [-0.2, 0) is 6.54 Å². The monoisotopic (exact) mass is 490 g/mol. The van der Waals surface area contributed by atoms with Crippen LogP contribution in [0.5, 0.6) is 5.75 Å². The molecule has 1 atom stereocenters. The van der Waals surface area contributed by atoms with E-state index in [9.17, 15) is 9.59 Å². The van der Waals surface area contributed by atoms with Crippen molar-refractivity contribution in [3.8, 4) is 5.75 Å². The fourth-order valence-electron chi connectivity index (χ4n) is 4.24. The van der Waals surface area contributed by atoms with Crippen molar-refractivity contribution in [2.45, 2.75) is 32.4 Å². The highest BCUT2D eigenvalue weighted by molar-refractivity contribution is 7.17. The smallest absolute Gasteiger partial charge is 0.271 e. The molecule has 0 fully saturated rings. The van der Waals surface area contributed by atoms with E-state index in [4.69, 9.17) is 15.5 Å². The summed E-state index contributed by atoms with van der Waals surface area (Å²) in [4.78, 5) is 34.0. The molecule has 2 aromatic carbocycles. The minimum absolute atomic E-state index is 0.0852. The second-order valence-corrected chi connectivity index (χ2v) is 9.19. The molecule has 0 saturated heterocycles. The van der Waals surface area contributed by atoms with Gasteiger partial charge in [0.2, 0.25) is 0 Å². The van der Waals surface area contributed by atoms with E-state index in [2.05, 4.69) is 0 Å². The Labute approximate surface area is 208 Å². The van der Waals surface area contributed by atoms with Crippen molar-refractivity contribution >= 4 is 27.5 Å². The largest absolute Gasteiger partial charge is 0.497 e. The molecule has 0 saturated carbocycles. The van der Waals surface area contributed by atoms with E-state index in [1.807, 2.05) is 48.7 Å². The maximum atomic E-state index is 13.7. The quantitative estimate of drug-likeness (QED) is 0.355. The first-order chi connectivity index (χ1) is 17.1. The number of nitrogens with two attached hydrogens (primary N) is 1. The fraction of sp³-hybridized carbons (Fsp3) is 0.296. The Morgan fingerprint density at radius 1 is 1.14 bits per heavy atom. The van der Waals surface area contributed by atoms with Crippen LogP contribution in [0.15, 0.2) is 70.8 Å². The molecule has 1 amide bonds. The van der Waals surface area contributed by atoms with Crippen molar-refractivity contribution in [2.75, 3.05) is 20.2 Å². The van der Waals surface area contributed by atoms with E-state index in [0.717, 1.165) is 5.56 Å². The van der Waals surface area contributed by atoms with E-state index in [-0.39, 0.29) is 11.5 Å². The first-order valence-corrected chi connectivity index (χ1v) is 12.6. The Bertz CT molecular complexity index is 1330. The summed E-state index contributed by atoms with van der Waals surface area (Å²) in [5.74, 6) is 1.15. The van der Waals surface area contributed by atoms with Gasteiger partial charge in [-0.2, -0.15) is 0 Å². The number of amides is 1. The van der Waals surface area contributed by atoms with Gasteiger partial charge < -0.3 is 15.4 Å². The highest BCUT2D eigenvalue weighted by Crippen LogP contribution is 2.28. The minimum Gasteiger partial charge on any atom is -0.497 e. The molecule has 2 N–H and O–H groups in total. The number of thiophene rings is 1. The summed E-state index contributed by atoms with van der Waals surface area (Å²) in [7, 11) is 1.59. The van der Waals surface area contributed by atoms with E-state index in [1.165, 1.54) is 11.3 Å². The molecular formula is C27H30N4O3S. The molecule has 1 unspecified atom stereocenters. The van der Waals surface area contributed by atoms with Gasteiger partial charge in [-0.1, -0.05) is 37.3 Å². The lowest BCUT2D eigenvalue weighted by Crippen LogP contribution is -2.40. The van der Waals surface area contributed by atoms with Gasteiger partial charge >= 0.3 is 0 Å². The average Bonchev–Trinajstić information content (AvgIpc) is 3.37. The van der Waals surface area contributed by atoms with Crippen LogP contribution in [0.25, 0.3) is 10.2 Å². The summed E-state index contributed by atoms with van der Waals surface area (Å²) in [6.07, 6.45) is 1.24. The van der Waals surface area contributed by atoms with Crippen molar-refractivity contribution in [3.63, 3.8) is 0 Å². The lowest BCUT2D eigenvalue weighted by atomic mass is 10.1. The molecule has 182 valence electrons. The van der Waals surface area contributed by atoms with Crippen LogP contribution in [0, 0.1) is 0 Å². The summed E-state index contributed by atoms with van der Waals surface area (Å²) in [6.45, 7) is 3.31. The number of benzene rings is 2. The lowest BCUT2D eigenvalue weighted by Gasteiger charge is -2.32. The van der Waals surface area contributed by atoms with Gasteiger partial charge in [-0.25, -0.2) is 4.98 Å². The number of nitrogens with zero attached hydrogens (tertiary/aromatic N) is 3. The Morgan fingerprint density at radius 2 is 1.89 bits per heavy atom. The summed E-state index contributed by atoms with van der Waals surface area (Å²) in [6, 6.07) is 18.4. The summed E-state index contributed by atoms with van der Waals surface area (Å²) in [5, 5.41) is 1.88. The fourth-order valence-corrected chi connectivity index (χ4v) is 5.01. The zero-order chi connectivity index (χ0) is 24.8. The molecule has 2 heterocycles. The van der Waals surface area contributed by atoms with E-state index in [1.54, 1.807) is 40.8 Å². The SMILES string of the molecule is CCC(c1nc2ccsc2c(=O)n1Cc1ccccc1)N(CCCN)C(=O)c1ccc(OC)cc1. The number of hydrogen-bond acceptors (Lipinski definition) is 6. The Balaban J connectivity index is 1.82. The number of ether oxygens (including phenoxy) is 1.